The van der Waals surface area contributed by atoms with Crippen LogP contribution in [0.4, 0.5) is 0 Å². The molecule has 4 heteroatoms. The fourth-order valence-electron chi connectivity index (χ4n) is 3.28. The predicted octanol–water partition coefficient (Wildman–Crippen LogP) is 3.53. The van der Waals surface area contributed by atoms with E-state index in [0.29, 0.717) is 12.0 Å². The van der Waals surface area contributed by atoms with Gasteiger partial charge in [-0.2, -0.15) is 0 Å². The lowest BCUT2D eigenvalue weighted by atomic mass is 9.85. The molecule has 0 aliphatic heterocycles. The molecule has 2 N–H and O–H groups in total. The maximum atomic E-state index is 9.50. The van der Waals surface area contributed by atoms with Gasteiger partial charge in [0.2, 0.25) is 0 Å². The zero-order valence-electron chi connectivity index (χ0n) is 12.1. The lowest BCUT2D eigenvalue weighted by Crippen LogP contribution is -2.39. The van der Waals surface area contributed by atoms with Crippen LogP contribution in [0.15, 0.2) is 30.5 Å². The van der Waals surface area contributed by atoms with E-state index in [0.717, 1.165) is 40.9 Å². The average Bonchev–Trinajstić information content (AvgIpc) is 2.55. The summed E-state index contributed by atoms with van der Waals surface area (Å²) < 4.78 is 0. The first-order valence-corrected chi connectivity index (χ1v) is 8.03. The Morgan fingerprint density at radius 1 is 1.24 bits per heavy atom. The number of fused-ring (bicyclic) bond motifs is 1. The van der Waals surface area contributed by atoms with Crippen LogP contribution in [0.1, 0.15) is 31.2 Å². The summed E-state index contributed by atoms with van der Waals surface area (Å²) in [4.78, 5) is 4.47. The Kier molecular flexibility index (Phi) is 4.73. The second-order valence-corrected chi connectivity index (χ2v) is 6.23. The fraction of sp³-hybridized carbons (Fsp3) is 0.471. The summed E-state index contributed by atoms with van der Waals surface area (Å²) in [5.41, 5.74) is 2.13. The van der Waals surface area contributed by atoms with Gasteiger partial charge in [-0.3, -0.25) is 4.98 Å². The molecule has 0 saturated heterocycles. The highest BCUT2D eigenvalue weighted by Crippen LogP contribution is 2.27. The van der Waals surface area contributed by atoms with Crippen LogP contribution in [0.3, 0.4) is 0 Å². The second-order valence-electron chi connectivity index (χ2n) is 5.82. The molecule has 1 aliphatic rings. The quantitative estimate of drug-likeness (QED) is 0.908. The predicted molar refractivity (Wildman–Crippen MR) is 86.4 cm³/mol. The summed E-state index contributed by atoms with van der Waals surface area (Å²) >= 11 is 6.23. The van der Waals surface area contributed by atoms with E-state index < -0.39 is 0 Å². The average molecular weight is 305 g/mol. The Balaban J connectivity index is 1.77. The van der Waals surface area contributed by atoms with Crippen molar-refractivity contribution < 1.29 is 5.11 Å². The van der Waals surface area contributed by atoms with Gasteiger partial charge in [-0.15, -0.1) is 0 Å². The van der Waals surface area contributed by atoms with Crippen molar-refractivity contribution >= 4 is 22.5 Å². The fourth-order valence-corrected chi connectivity index (χ4v) is 3.49. The molecule has 1 saturated carbocycles. The van der Waals surface area contributed by atoms with E-state index in [4.69, 9.17) is 11.6 Å². The largest absolute Gasteiger partial charge is 0.396 e. The molecule has 1 fully saturated rings. The van der Waals surface area contributed by atoms with E-state index in [-0.39, 0.29) is 6.61 Å². The molecule has 3 rings (SSSR count). The third kappa shape index (κ3) is 3.20. The first-order chi connectivity index (χ1) is 10.3. The number of hydrogen-bond acceptors (Lipinski definition) is 3. The summed E-state index contributed by atoms with van der Waals surface area (Å²) in [5, 5.41) is 14.8. The first-order valence-electron chi connectivity index (χ1n) is 7.66. The van der Waals surface area contributed by atoms with Gasteiger partial charge < -0.3 is 10.4 Å². The van der Waals surface area contributed by atoms with Gasteiger partial charge in [0.15, 0.2) is 0 Å². The number of aromatic nitrogens is 1. The zero-order chi connectivity index (χ0) is 14.7. The highest BCUT2D eigenvalue weighted by molar-refractivity contribution is 6.35. The number of nitrogens with one attached hydrogen (secondary N) is 1. The number of rotatable bonds is 4. The summed E-state index contributed by atoms with van der Waals surface area (Å²) in [6.07, 6.45) is 6.54. The molecule has 3 nitrogen and oxygen atoms in total. The Bertz CT molecular complexity index is 617. The molecule has 2 atom stereocenters. The van der Waals surface area contributed by atoms with Gasteiger partial charge in [-0.05, 0) is 42.5 Å². The Labute approximate surface area is 130 Å². The van der Waals surface area contributed by atoms with Gasteiger partial charge >= 0.3 is 0 Å². The molecule has 1 aromatic heterocycles. The van der Waals surface area contributed by atoms with Gasteiger partial charge in [0.25, 0.3) is 0 Å². The smallest absolute Gasteiger partial charge is 0.0761 e. The molecular formula is C17H21ClN2O. The number of nitrogens with zero attached hydrogens (tertiary/aromatic N) is 1. The van der Waals surface area contributed by atoms with Crippen molar-refractivity contribution in [1.29, 1.82) is 0 Å². The monoisotopic (exact) mass is 304 g/mol. The van der Waals surface area contributed by atoms with E-state index in [1.165, 1.54) is 12.8 Å². The summed E-state index contributed by atoms with van der Waals surface area (Å²) in [5.74, 6) is 0.380. The van der Waals surface area contributed by atoms with Crippen LogP contribution in [0.2, 0.25) is 5.02 Å². The minimum Gasteiger partial charge on any atom is -0.396 e. The normalized spacial score (nSPS) is 22.6. The summed E-state index contributed by atoms with van der Waals surface area (Å²) in [7, 11) is 0. The van der Waals surface area contributed by atoms with E-state index in [2.05, 4.69) is 10.3 Å². The first kappa shape index (κ1) is 14.8. The van der Waals surface area contributed by atoms with Crippen molar-refractivity contribution in [3.8, 4) is 0 Å². The van der Waals surface area contributed by atoms with E-state index >= 15 is 0 Å². The minimum atomic E-state index is 0.275. The molecule has 0 spiro atoms. The lowest BCUT2D eigenvalue weighted by Gasteiger charge is -2.31. The van der Waals surface area contributed by atoms with Crippen LogP contribution >= 0.6 is 11.6 Å². The van der Waals surface area contributed by atoms with E-state index in [9.17, 15) is 5.11 Å². The van der Waals surface area contributed by atoms with Crippen LogP contribution < -0.4 is 5.32 Å². The van der Waals surface area contributed by atoms with Gasteiger partial charge in [0.05, 0.1) is 5.52 Å². The molecule has 0 amide bonds. The highest BCUT2D eigenvalue weighted by atomic mass is 35.5. The summed E-state index contributed by atoms with van der Waals surface area (Å²) in [6, 6.07) is 8.30. The highest BCUT2D eigenvalue weighted by Gasteiger charge is 2.24. The minimum absolute atomic E-state index is 0.275. The molecule has 21 heavy (non-hydrogen) atoms. The van der Waals surface area contributed by atoms with Crippen LogP contribution in [0, 0.1) is 5.92 Å². The third-order valence-corrected chi connectivity index (χ3v) is 4.83. The topological polar surface area (TPSA) is 45.1 Å². The second kappa shape index (κ2) is 6.73. The third-order valence-electron chi connectivity index (χ3n) is 4.50. The molecule has 112 valence electrons. The Hall–Kier alpha value is -1.16. The van der Waals surface area contributed by atoms with Gasteiger partial charge in [0, 0.05) is 35.8 Å². The number of halogens is 1. The molecule has 2 unspecified atom stereocenters. The standard InChI is InChI=1S/C17H21ClN2O/c18-15-8-7-12(17-14(15)5-3-9-19-17)10-20-16-6-2-1-4-13(16)11-21/h3,5,7-9,13,16,20-21H,1-2,4,6,10-11H2. The zero-order valence-corrected chi connectivity index (χ0v) is 12.8. The Morgan fingerprint density at radius 2 is 2.10 bits per heavy atom. The molecule has 0 radical (unpaired) electrons. The van der Waals surface area contributed by atoms with E-state index in [1.54, 1.807) is 6.20 Å². The molecule has 2 aromatic rings. The molecule has 1 aliphatic carbocycles. The Morgan fingerprint density at radius 3 is 2.95 bits per heavy atom. The number of hydrogen-bond donors (Lipinski definition) is 2. The van der Waals surface area contributed by atoms with Crippen LogP contribution in [-0.4, -0.2) is 22.7 Å². The maximum absolute atomic E-state index is 9.50. The molecule has 0 bridgehead atoms. The van der Waals surface area contributed by atoms with Crippen LogP contribution in [0.5, 0.6) is 0 Å². The molecular weight excluding hydrogens is 284 g/mol. The van der Waals surface area contributed by atoms with Crippen molar-refractivity contribution in [1.82, 2.24) is 10.3 Å². The molecule has 1 heterocycles. The van der Waals surface area contributed by atoms with Crippen molar-refractivity contribution in [3.63, 3.8) is 0 Å². The number of aliphatic hydroxyl groups is 1. The van der Waals surface area contributed by atoms with Crippen molar-refractivity contribution in [2.45, 2.75) is 38.3 Å². The number of benzene rings is 1. The number of pyridine rings is 1. The van der Waals surface area contributed by atoms with Gasteiger partial charge in [-0.1, -0.05) is 30.5 Å². The van der Waals surface area contributed by atoms with Gasteiger partial charge in [-0.25, -0.2) is 0 Å². The van der Waals surface area contributed by atoms with Crippen LogP contribution in [0.25, 0.3) is 10.9 Å². The molecule has 1 aromatic carbocycles. The van der Waals surface area contributed by atoms with E-state index in [1.807, 2.05) is 24.3 Å². The van der Waals surface area contributed by atoms with Crippen molar-refractivity contribution in [3.05, 3.63) is 41.0 Å². The van der Waals surface area contributed by atoms with Crippen molar-refractivity contribution in [2.75, 3.05) is 6.61 Å². The van der Waals surface area contributed by atoms with Crippen molar-refractivity contribution in [2.24, 2.45) is 5.92 Å². The number of aliphatic hydroxyl groups excluding tert-OH is 1. The van der Waals surface area contributed by atoms with Gasteiger partial charge in [0.1, 0.15) is 0 Å². The lowest BCUT2D eigenvalue weighted by molar-refractivity contribution is 0.152. The summed E-state index contributed by atoms with van der Waals surface area (Å²) in [6.45, 7) is 1.04. The SMILES string of the molecule is OCC1CCCCC1NCc1ccc(Cl)c2cccnc12. The maximum Gasteiger partial charge on any atom is 0.0761 e. The van der Waals surface area contributed by atoms with Crippen LogP contribution in [-0.2, 0) is 6.54 Å².